The smallest absolute Gasteiger partial charge is 0.318 e. The highest BCUT2D eigenvalue weighted by Gasteiger charge is 2.41. The minimum absolute atomic E-state index is 0.0667. The Kier molecular flexibility index (Phi) is 7.67. The number of likely N-dealkylation sites (tertiary alicyclic amines) is 1. The van der Waals surface area contributed by atoms with Crippen LogP contribution in [-0.4, -0.2) is 58.6 Å². The fourth-order valence-corrected chi connectivity index (χ4v) is 4.28. The van der Waals surface area contributed by atoms with Gasteiger partial charge >= 0.3 is 6.03 Å². The molecule has 1 heterocycles. The highest BCUT2D eigenvalue weighted by Crippen LogP contribution is 2.33. The Morgan fingerprint density at radius 2 is 2.10 bits per heavy atom. The second kappa shape index (κ2) is 10.2. The third-order valence-electron chi connectivity index (χ3n) is 5.59. The van der Waals surface area contributed by atoms with E-state index >= 15 is 0 Å². The van der Waals surface area contributed by atoms with Crippen molar-refractivity contribution in [1.29, 1.82) is 5.26 Å². The van der Waals surface area contributed by atoms with Gasteiger partial charge < -0.3 is 20.2 Å². The van der Waals surface area contributed by atoms with Crippen LogP contribution in [0.2, 0.25) is 0 Å². The predicted molar refractivity (Wildman–Crippen MR) is 112 cm³/mol. The summed E-state index contributed by atoms with van der Waals surface area (Å²) in [6.07, 6.45) is 2.68. The van der Waals surface area contributed by atoms with E-state index in [9.17, 15) is 19.1 Å². The molecule has 3 rings (SSSR count). The Labute approximate surface area is 184 Å². The number of amides is 3. The van der Waals surface area contributed by atoms with Gasteiger partial charge in [0.2, 0.25) is 5.91 Å². The molecule has 0 aromatic heterocycles. The zero-order valence-corrected chi connectivity index (χ0v) is 18.3. The molecule has 1 aromatic carbocycles. The van der Waals surface area contributed by atoms with Crippen molar-refractivity contribution < 1.29 is 19.1 Å². The maximum Gasteiger partial charge on any atom is 0.318 e. The van der Waals surface area contributed by atoms with E-state index in [4.69, 9.17) is 5.26 Å². The van der Waals surface area contributed by atoms with Crippen molar-refractivity contribution >= 4 is 27.9 Å². The lowest BCUT2D eigenvalue weighted by atomic mass is 9.93. The number of halogens is 2. The lowest BCUT2D eigenvalue weighted by molar-refractivity contribution is -0.134. The predicted octanol–water partition coefficient (Wildman–Crippen LogP) is 2.78. The molecule has 1 saturated carbocycles. The summed E-state index contributed by atoms with van der Waals surface area (Å²) in [5.74, 6) is -0.643. The first-order valence-corrected chi connectivity index (χ1v) is 11.0. The van der Waals surface area contributed by atoms with Crippen molar-refractivity contribution in [3.05, 3.63) is 34.1 Å². The number of piperidine rings is 1. The molecule has 1 aliphatic heterocycles. The highest BCUT2D eigenvalue weighted by molar-refractivity contribution is 9.10. The molecule has 7 nitrogen and oxygen atoms in total. The van der Waals surface area contributed by atoms with Gasteiger partial charge in [0.1, 0.15) is 5.82 Å². The highest BCUT2D eigenvalue weighted by atomic mass is 79.9. The Hall–Kier alpha value is -2.18. The Balaban J connectivity index is 1.68. The topological polar surface area (TPSA) is 96.7 Å². The first kappa shape index (κ1) is 22.5. The number of aliphatic hydroxyl groups is 1. The number of rotatable bonds is 7. The quantitative estimate of drug-likeness (QED) is 0.626. The second-order valence-electron chi connectivity index (χ2n) is 7.93. The van der Waals surface area contributed by atoms with E-state index in [0.29, 0.717) is 29.5 Å². The summed E-state index contributed by atoms with van der Waals surface area (Å²) in [5, 5.41) is 21.3. The van der Waals surface area contributed by atoms with Crippen LogP contribution in [0.15, 0.2) is 22.7 Å². The first-order chi connectivity index (χ1) is 14.4. The van der Waals surface area contributed by atoms with E-state index in [0.717, 1.165) is 12.8 Å². The van der Waals surface area contributed by atoms with Gasteiger partial charge in [0.15, 0.2) is 0 Å². The van der Waals surface area contributed by atoms with E-state index in [-0.39, 0.29) is 55.9 Å². The number of nitriles is 1. The second-order valence-corrected chi connectivity index (χ2v) is 8.84. The summed E-state index contributed by atoms with van der Waals surface area (Å²) in [6.45, 7) is 0.823. The molecule has 9 heteroatoms. The summed E-state index contributed by atoms with van der Waals surface area (Å²) in [4.78, 5) is 28.9. The third kappa shape index (κ3) is 5.70. The summed E-state index contributed by atoms with van der Waals surface area (Å²) in [7, 11) is 0. The fraction of sp³-hybridized carbons (Fsp3) is 0.571. The largest absolute Gasteiger partial charge is 0.396 e. The van der Waals surface area contributed by atoms with Gasteiger partial charge in [-0.2, -0.15) is 5.26 Å². The van der Waals surface area contributed by atoms with Crippen LogP contribution >= 0.6 is 15.9 Å². The molecule has 162 valence electrons. The van der Waals surface area contributed by atoms with Crippen molar-refractivity contribution in [2.75, 3.05) is 19.7 Å². The molecule has 1 aliphatic carbocycles. The summed E-state index contributed by atoms with van der Waals surface area (Å²) in [6, 6.07) is 6.28. The molecule has 2 N–H and O–H groups in total. The fourth-order valence-electron chi connectivity index (χ4n) is 3.94. The van der Waals surface area contributed by atoms with Crippen LogP contribution in [0.25, 0.3) is 0 Å². The number of urea groups is 1. The minimum atomic E-state index is -0.394. The van der Waals surface area contributed by atoms with E-state index in [1.807, 2.05) is 6.07 Å². The molecule has 2 atom stereocenters. The van der Waals surface area contributed by atoms with Crippen LogP contribution in [0.1, 0.15) is 37.7 Å². The van der Waals surface area contributed by atoms with Crippen LogP contribution in [0.4, 0.5) is 9.18 Å². The Bertz CT molecular complexity index is 827. The van der Waals surface area contributed by atoms with Crippen molar-refractivity contribution in [1.82, 2.24) is 15.1 Å². The molecule has 0 radical (unpaired) electrons. The average molecular weight is 481 g/mol. The molecule has 1 saturated heterocycles. The molecule has 30 heavy (non-hydrogen) atoms. The number of hydrogen-bond donors (Lipinski definition) is 2. The molecule has 2 aliphatic rings. The molecule has 3 amide bonds. The van der Waals surface area contributed by atoms with Crippen LogP contribution in [0.5, 0.6) is 0 Å². The maximum absolute atomic E-state index is 14.1. The van der Waals surface area contributed by atoms with Gasteiger partial charge in [-0.15, -0.1) is 0 Å². The molecule has 0 bridgehead atoms. The summed E-state index contributed by atoms with van der Waals surface area (Å²) >= 11 is 3.22. The van der Waals surface area contributed by atoms with E-state index in [1.165, 1.54) is 6.07 Å². The van der Waals surface area contributed by atoms with Gasteiger partial charge in [0, 0.05) is 61.1 Å². The van der Waals surface area contributed by atoms with Crippen molar-refractivity contribution in [3.63, 3.8) is 0 Å². The molecular weight excluding hydrogens is 455 g/mol. The van der Waals surface area contributed by atoms with Gasteiger partial charge in [0.05, 0.1) is 12.1 Å². The number of benzene rings is 1. The van der Waals surface area contributed by atoms with Crippen molar-refractivity contribution in [2.45, 2.75) is 50.7 Å². The van der Waals surface area contributed by atoms with Gasteiger partial charge in [-0.25, -0.2) is 9.18 Å². The van der Waals surface area contributed by atoms with Crippen molar-refractivity contribution in [3.8, 4) is 6.07 Å². The van der Waals surface area contributed by atoms with Gasteiger partial charge in [-0.05, 0) is 31.4 Å². The van der Waals surface area contributed by atoms with E-state index < -0.39 is 5.82 Å². The van der Waals surface area contributed by atoms with Crippen LogP contribution in [-0.2, 0) is 11.3 Å². The Morgan fingerprint density at radius 3 is 2.73 bits per heavy atom. The zero-order valence-electron chi connectivity index (χ0n) is 16.7. The van der Waals surface area contributed by atoms with E-state index in [1.54, 1.807) is 21.9 Å². The average Bonchev–Trinajstić information content (AvgIpc) is 3.56. The lowest BCUT2D eigenvalue weighted by Gasteiger charge is -2.42. The van der Waals surface area contributed by atoms with Crippen LogP contribution in [0.3, 0.4) is 0 Å². The van der Waals surface area contributed by atoms with Gasteiger partial charge in [0.25, 0.3) is 0 Å². The molecule has 1 aromatic rings. The minimum Gasteiger partial charge on any atom is -0.396 e. The standard InChI is InChI=1S/C21H26BrFN4O3/c22-16-4-3-15(19(23)9-16)10-25-21(30)27(17-5-6-17)18-8-14(13-28)11-26(12-18)20(29)2-1-7-24/h3-4,9,14,17-18,28H,1-2,5-6,8,10-13H2,(H,25,30)/t14-,18?/m0/s1. The normalized spacial score (nSPS) is 21.1. The van der Waals surface area contributed by atoms with Gasteiger partial charge in [-0.3, -0.25) is 4.79 Å². The van der Waals surface area contributed by atoms with E-state index in [2.05, 4.69) is 21.2 Å². The zero-order chi connectivity index (χ0) is 21.7. The van der Waals surface area contributed by atoms with Crippen LogP contribution < -0.4 is 5.32 Å². The number of carbonyl (C=O) groups is 2. The molecular formula is C21H26BrFN4O3. The number of hydrogen-bond acceptors (Lipinski definition) is 4. The molecule has 0 spiro atoms. The molecule has 1 unspecified atom stereocenters. The number of aliphatic hydroxyl groups excluding tert-OH is 1. The monoisotopic (exact) mass is 480 g/mol. The SMILES string of the molecule is N#CCCC(=O)N1CC(N(C(=O)NCc2ccc(Br)cc2F)C2CC2)C[C@H](CO)C1. The maximum atomic E-state index is 14.1. The van der Waals surface area contributed by atoms with Crippen molar-refractivity contribution in [2.24, 2.45) is 5.92 Å². The number of nitrogens with one attached hydrogen (secondary N) is 1. The summed E-state index contributed by atoms with van der Waals surface area (Å²) in [5.41, 5.74) is 0.396. The first-order valence-electron chi connectivity index (χ1n) is 10.2. The summed E-state index contributed by atoms with van der Waals surface area (Å²) < 4.78 is 14.7. The van der Waals surface area contributed by atoms with Gasteiger partial charge in [-0.1, -0.05) is 22.0 Å². The molecule has 2 fully saturated rings. The third-order valence-corrected chi connectivity index (χ3v) is 6.08. The number of nitrogens with zero attached hydrogens (tertiary/aromatic N) is 3. The lowest BCUT2D eigenvalue weighted by Crippen LogP contribution is -2.57. The number of carbonyl (C=O) groups excluding carboxylic acids is 2. The van der Waals surface area contributed by atoms with Crippen LogP contribution in [0, 0.1) is 23.1 Å². The Morgan fingerprint density at radius 1 is 1.33 bits per heavy atom.